The van der Waals surface area contributed by atoms with Crippen LogP contribution < -0.4 is 5.32 Å². The van der Waals surface area contributed by atoms with E-state index < -0.39 is 12.5 Å². The number of carbonyl (C=O) groups excluding carboxylic acids is 1. The summed E-state index contributed by atoms with van der Waals surface area (Å²) < 4.78 is 1.68. The lowest BCUT2D eigenvalue weighted by Crippen LogP contribution is -2.16. The largest absolute Gasteiger partial charge is 0.387 e. The van der Waals surface area contributed by atoms with Crippen LogP contribution in [0.25, 0.3) is 0 Å². The number of nitrogens with zero attached hydrogens (tertiary/aromatic N) is 2. The maximum atomic E-state index is 10.9. The number of hydrogen-bond donors (Lipinski definition) is 2. The first-order chi connectivity index (χ1) is 6.06. The van der Waals surface area contributed by atoms with Crippen molar-refractivity contribution in [2.24, 2.45) is 7.05 Å². The molecule has 0 unspecified atom stereocenters. The zero-order valence-electron chi connectivity index (χ0n) is 7.96. The quantitative estimate of drug-likeness (QED) is 0.676. The van der Waals surface area contributed by atoms with Gasteiger partial charge in [0.05, 0.1) is 17.1 Å². The van der Waals surface area contributed by atoms with Crippen LogP contribution >= 0.6 is 0 Å². The van der Waals surface area contributed by atoms with E-state index in [2.05, 4.69) is 10.4 Å². The molecule has 5 nitrogen and oxygen atoms in total. The Morgan fingerprint density at radius 1 is 1.62 bits per heavy atom. The molecule has 0 bridgehead atoms. The summed E-state index contributed by atoms with van der Waals surface area (Å²) in [5.74, 6) is -0.417. The number of nitrogens with one attached hydrogen (secondary N) is 1. The molecule has 0 aliphatic carbocycles. The highest BCUT2D eigenvalue weighted by Gasteiger charge is 2.10. The summed E-state index contributed by atoms with van der Waals surface area (Å²) in [5, 5.41) is 15.2. The van der Waals surface area contributed by atoms with Gasteiger partial charge >= 0.3 is 0 Å². The third-order valence-corrected chi connectivity index (χ3v) is 1.92. The molecule has 5 heteroatoms. The number of aliphatic hydroxyl groups excluding tert-OH is 1. The van der Waals surface area contributed by atoms with Gasteiger partial charge in [-0.05, 0) is 13.8 Å². The van der Waals surface area contributed by atoms with Crippen molar-refractivity contribution >= 4 is 11.6 Å². The van der Waals surface area contributed by atoms with E-state index in [1.807, 2.05) is 6.92 Å². The minimum Gasteiger partial charge on any atom is -0.387 e. The van der Waals surface area contributed by atoms with Crippen LogP contribution in [0.2, 0.25) is 0 Å². The number of hydrogen-bond acceptors (Lipinski definition) is 3. The van der Waals surface area contributed by atoms with Crippen molar-refractivity contribution in [2.45, 2.75) is 13.8 Å². The lowest BCUT2D eigenvalue weighted by atomic mass is 10.3. The number of amides is 1. The molecule has 1 aromatic rings. The first-order valence-corrected chi connectivity index (χ1v) is 3.97. The Kier molecular flexibility index (Phi) is 2.67. The molecule has 0 fully saturated rings. The Bertz CT molecular complexity index is 330. The minimum atomic E-state index is -0.506. The second-order valence-corrected chi connectivity index (χ2v) is 2.88. The van der Waals surface area contributed by atoms with Crippen molar-refractivity contribution in [2.75, 3.05) is 11.9 Å². The lowest BCUT2D eigenvalue weighted by Gasteiger charge is -2.02. The predicted molar refractivity (Wildman–Crippen MR) is 48.4 cm³/mol. The van der Waals surface area contributed by atoms with Crippen molar-refractivity contribution < 1.29 is 9.90 Å². The molecule has 1 rings (SSSR count). The highest BCUT2D eigenvalue weighted by Crippen LogP contribution is 2.17. The summed E-state index contributed by atoms with van der Waals surface area (Å²) >= 11 is 0. The fraction of sp³-hybridized carbons (Fsp3) is 0.500. The Morgan fingerprint density at radius 2 is 2.23 bits per heavy atom. The molecule has 0 radical (unpaired) electrons. The van der Waals surface area contributed by atoms with Crippen LogP contribution in [-0.2, 0) is 11.8 Å². The Morgan fingerprint density at radius 3 is 2.62 bits per heavy atom. The van der Waals surface area contributed by atoms with Gasteiger partial charge in [0.25, 0.3) is 0 Å². The zero-order chi connectivity index (χ0) is 10.0. The van der Waals surface area contributed by atoms with E-state index in [-0.39, 0.29) is 0 Å². The standard InChI is InChI=1S/C8H13N3O2/c1-5-8(9-7(13)4-12)6(2)11(3)10-5/h12H,4H2,1-3H3,(H,9,13). The Labute approximate surface area is 76.4 Å². The third kappa shape index (κ3) is 1.86. The fourth-order valence-electron chi connectivity index (χ4n) is 1.13. The highest BCUT2D eigenvalue weighted by molar-refractivity contribution is 5.92. The van der Waals surface area contributed by atoms with E-state index in [4.69, 9.17) is 5.11 Å². The molecular formula is C8H13N3O2. The molecule has 0 atom stereocenters. The molecule has 2 N–H and O–H groups in total. The maximum absolute atomic E-state index is 10.9. The van der Waals surface area contributed by atoms with Gasteiger partial charge < -0.3 is 10.4 Å². The topological polar surface area (TPSA) is 67.2 Å². The number of anilines is 1. The lowest BCUT2D eigenvalue weighted by molar-refractivity contribution is -0.118. The van der Waals surface area contributed by atoms with Crippen LogP contribution in [0, 0.1) is 13.8 Å². The normalized spacial score (nSPS) is 10.2. The molecule has 0 aromatic carbocycles. The summed E-state index contributed by atoms with van der Waals surface area (Å²) in [6.45, 7) is 3.15. The summed E-state index contributed by atoms with van der Waals surface area (Å²) in [6, 6.07) is 0. The average molecular weight is 183 g/mol. The smallest absolute Gasteiger partial charge is 0.250 e. The summed E-state index contributed by atoms with van der Waals surface area (Å²) in [6.07, 6.45) is 0. The predicted octanol–water partition coefficient (Wildman–Crippen LogP) is -0.0323. The molecular weight excluding hydrogens is 170 g/mol. The van der Waals surface area contributed by atoms with Crippen LogP contribution in [-0.4, -0.2) is 27.4 Å². The summed E-state index contributed by atoms with van der Waals surface area (Å²) in [5.41, 5.74) is 2.31. The van der Waals surface area contributed by atoms with Gasteiger partial charge in [0.2, 0.25) is 5.91 Å². The number of aliphatic hydroxyl groups is 1. The van der Waals surface area contributed by atoms with Crippen LogP contribution in [0.3, 0.4) is 0 Å². The van der Waals surface area contributed by atoms with Gasteiger partial charge in [-0.1, -0.05) is 0 Å². The van der Waals surface area contributed by atoms with Crippen molar-refractivity contribution in [3.8, 4) is 0 Å². The highest BCUT2D eigenvalue weighted by atomic mass is 16.3. The summed E-state index contributed by atoms with van der Waals surface area (Å²) in [4.78, 5) is 10.9. The van der Waals surface area contributed by atoms with Crippen LogP contribution in [0.4, 0.5) is 5.69 Å². The zero-order valence-corrected chi connectivity index (χ0v) is 7.96. The van der Waals surface area contributed by atoms with Crippen LogP contribution in [0.15, 0.2) is 0 Å². The molecule has 0 saturated carbocycles. The van der Waals surface area contributed by atoms with E-state index >= 15 is 0 Å². The minimum absolute atomic E-state index is 0.417. The molecule has 1 amide bonds. The average Bonchev–Trinajstić information content (AvgIpc) is 2.32. The number of carbonyl (C=O) groups is 1. The number of aromatic nitrogens is 2. The SMILES string of the molecule is Cc1nn(C)c(C)c1NC(=O)CO. The first-order valence-electron chi connectivity index (χ1n) is 3.97. The van der Waals surface area contributed by atoms with Crippen LogP contribution in [0.5, 0.6) is 0 Å². The molecule has 72 valence electrons. The second-order valence-electron chi connectivity index (χ2n) is 2.88. The van der Waals surface area contributed by atoms with Crippen molar-refractivity contribution in [1.82, 2.24) is 9.78 Å². The van der Waals surface area contributed by atoms with Gasteiger partial charge in [-0.15, -0.1) is 0 Å². The van der Waals surface area contributed by atoms with Gasteiger partial charge in [0.15, 0.2) is 0 Å². The molecule has 13 heavy (non-hydrogen) atoms. The van der Waals surface area contributed by atoms with Gasteiger partial charge in [0.1, 0.15) is 6.61 Å². The van der Waals surface area contributed by atoms with Gasteiger partial charge in [-0.2, -0.15) is 5.10 Å². The fourth-order valence-corrected chi connectivity index (χ4v) is 1.13. The molecule has 0 spiro atoms. The Balaban J connectivity index is 2.94. The molecule has 1 aromatic heterocycles. The van der Waals surface area contributed by atoms with Gasteiger partial charge in [0, 0.05) is 7.05 Å². The number of aryl methyl sites for hydroxylation is 2. The first kappa shape index (κ1) is 9.73. The molecule has 0 aliphatic rings. The molecule has 0 aliphatic heterocycles. The van der Waals surface area contributed by atoms with Crippen LogP contribution in [0.1, 0.15) is 11.4 Å². The van der Waals surface area contributed by atoms with Gasteiger partial charge in [-0.3, -0.25) is 9.48 Å². The monoisotopic (exact) mass is 183 g/mol. The van der Waals surface area contributed by atoms with E-state index in [1.165, 1.54) is 0 Å². The van der Waals surface area contributed by atoms with E-state index in [0.29, 0.717) is 5.69 Å². The molecule has 0 saturated heterocycles. The van der Waals surface area contributed by atoms with Crippen molar-refractivity contribution in [3.05, 3.63) is 11.4 Å². The van der Waals surface area contributed by atoms with E-state index in [9.17, 15) is 4.79 Å². The number of rotatable bonds is 2. The summed E-state index contributed by atoms with van der Waals surface area (Å²) in [7, 11) is 1.80. The molecule has 1 heterocycles. The second kappa shape index (κ2) is 3.57. The Hall–Kier alpha value is -1.36. The third-order valence-electron chi connectivity index (χ3n) is 1.92. The van der Waals surface area contributed by atoms with Gasteiger partial charge in [-0.25, -0.2) is 0 Å². The maximum Gasteiger partial charge on any atom is 0.250 e. The van der Waals surface area contributed by atoms with E-state index in [1.54, 1.807) is 18.7 Å². The van der Waals surface area contributed by atoms with E-state index in [0.717, 1.165) is 11.4 Å². The van der Waals surface area contributed by atoms with Crippen molar-refractivity contribution in [1.29, 1.82) is 0 Å². The van der Waals surface area contributed by atoms with Crippen molar-refractivity contribution in [3.63, 3.8) is 0 Å².